The van der Waals surface area contributed by atoms with Crippen LogP contribution in [0.25, 0.3) is 0 Å². The van der Waals surface area contributed by atoms with E-state index in [2.05, 4.69) is 0 Å². The summed E-state index contributed by atoms with van der Waals surface area (Å²) in [5.41, 5.74) is -2.43. The van der Waals surface area contributed by atoms with E-state index in [4.69, 9.17) is 5.26 Å². The molecule has 2 aromatic carbocycles. The number of benzene rings is 2. The maximum Gasteiger partial charge on any atom is 0.417 e. The van der Waals surface area contributed by atoms with Gasteiger partial charge in [-0.3, -0.25) is 4.79 Å². The summed E-state index contributed by atoms with van der Waals surface area (Å²) in [5, 5.41) is 8.93. The topological polar surface area (TPSA) is 64.4 Å². The van der Waals surface area contributed by atoms with Crippen molar-refractivity contribution in [3.8, 4) is 6.07 Å². The summed E-state index contributed by atoms with van der Waals surface area (Å²) in [6, 6.07) is 12.5. The van der Waals surface area contributed by atoms with Gasteiger partial charge in [-0.25, -0.2) is 9.69 Å². The van der Waals surface area contributed by atoms with Gasteiger partial charge in [-0.1, -0.05) is 30.3 Å². The minimum atomic E-state index is -4.79. The lowest BCUT2D eigenvalue weighted by Crippen LogP contribution is -2.43. The largest absolute Gasteiger partial charge is 0.417 e. The van der Waals surface area contributed by atoms with Crippen LogP contribution >= 0.6 is 0 Å². The van der Waals surface area contributed by atoms with Crippen molar-refractivity contribution >= 4 is 17.6 Å². The Morgan fingerprint density at radius 1 is 1.07 bits per heavy atom. The zero-order valence-electron chi connectivity index (χ0n) is 15.1. The van der Waals surface area contributed by atoms with Gasteiger partial charge < -0.3 is 4.90 Å². The predicted octanol–water partition coefficient (Wildman–Crippen LogP) is 4.32. The van der Waals surface area contributed by atoms with Crippen LogP contribution in [0.4, 0.5) is 23.7 Å². The van der Waals surface area contributed by atoms with Gasteiger partial charge in [0, 0.05) is 6.54 Å². The number of alkyl halides is 3. The Morgan fingerprint density at radius 2 is 1.71 bits per heavy atom. The Bertz CT molecular complexity index is 978. The quantitative estimate of drug-likeness (QED) is 0.737. The van der Waals surface area contributed by atoms with Crippen LogP contribution in [0.5, 0.6) is 0 Å². The molecule has 1 aliphatic heterocycles. The van der Waals surface area contributed by atoms with E-state index in [1.165, 1.54) is 17.0 Å². The average Bonchev–Trinajstić information content (AvgIpc) is 2.81. The number of urea groups is 1. The van der Waals surface area contributed by atoms with Gasteiger partial charge in [0.25, 0.3) is 5.91 Å². The monoisotopic (exact) mass is 387 g/mol. The number of carbonyl (C=O) groups is 2. The molecule has 0 aromatic heterocycles. The molecule has 28 heavy (non-hydrogen) atoms. The SMILES string of the molecule is CC1(C)C(=O)N(c2ccc(C#N)c(C(F)(F)F)c2)C(=O)N1Cc1ccccc1. The van der Waals surface area contributed by atoms with E-state index in [-0.39, 0.29) is 12.2 Å². The van der Waals surface area contributed by atoms with Crippen LogP contribution in [0.1, 0.15) is 30.5 Å². The molecule has 0 unspecified atom stereocenters. The van der Waals surface area contributed by atoms with E-state index in [0.717, 1.165) is 16.5 Å². The minimum absolute atomic E-state index is 0.136. The summed E-state index contributed by atoms with van der Waals surface area (Å²) in [4.78, 5) is 27.9. The van der Waals surface area contributed by atoms with Crippen molar-refractivity contribution in [3.63, 3.8) is 0 Å². The van der Waals surface area contributed by atoms with E-state index >= 15 is 0 Å². The summed E-state index contributed by atoms with van der Waals surface area (Å²) in [6.07, 6.45) is -4.79. The van der Waals surface area contributed by atoms with Crippen molar-refractivity contribution in [1.82, 2.24) is 4.90 Å². The third-order valence-electron chi connectivity index (χ3n) is 4.69. The fraction of sp³-hybridized carbons (Fsp3) is 0.250. The summed E-state index contributed by atoms with van der Waals surface area (Å²) in [7, 11) is 0. The molecule has 1 aliphatic rings. The molecule has 0 aliphatic carbocycles. The summed E-state index contributed by atoms with van der Waals surface area (Å²) in [5.74, 6) is -0.633. The second-order valence-corrected chi connectivity index (χ2v) is 6.89. The second-order valence-electron chi connectivity index (χ2n) is 6.89. The molecule has 2 aromatic rings. The summed E-state index contributed by atoms with van der Waals surface area (Å²) < 4.78 is 39.8. The fourth-order valence-corrected chi connectivity index (χ4v) is 3.10. The van der Waals surface area contributed by atoms with Crippen molar-refractivity contribution in [3.05, 3.63) is 65.2 Å². The highest BCUT2D eigenvalue weighted by molar-refractivity contribution is 6.23. The Morgan fingerprint density at radius 3 is 2.29 bits per heavy atom. The molecule has 0 bridgehead atoms. The van der Waals surface area contributed by atoms with Gasteiger partial charge in [0.1, 0.15) is 5.54 Å². The van der Waals surface area contributed by atoms with Gasteiger partial charge in [0.2, 0.25) is 0 Å². The van der Waals surface area contributed by atoms with Gasteiger partial charge in [0.15, 0.2) is 0 Å². The maximum atomic E-state index is 13.3. The highest BCUT2D eigenvalue weighted by Gasteiger charge is 2.52. The highest BCUT2D eigenvalue weighted by atomic mass is 19.4. The van der Waals surface area contributed by atoms with Crippen LogP contribution in [-0.4, -0.2) is 22.4 Å². The highest BCUT2D eigenvalue weighted by Crippen LogP contribution is 2.38. The number of rotatable bonds is 3. The van der Waals surface area contributed by atoms with Crippen molar-refractivity contribution < 1.29 is 22.8 Å². The molecule has 3 rings (SSSR count). The van der Waals surface area contributed by atoms with Gasteiger partial charge in [0.05, 0.1) is 22.9 Å². The van der Waals surface area contributed by atoms with Gasteiger partial charge >= 0.3 is 12.2 Å². The number of halogens is 3. The van der Waals surface area contributed by atoms with Crippen LogP contribution in [0.2, 0.25) is 0 Å². The molecule has 0 N–H and O–H groups in total. The standard InChI is InChI=1S/C20H16F3N3O2/c1-19(2)17(27)26(18(28)25(19)12-13-6-4-3-5-7-13)15-9-8-14(11-24)16(10-15)20(21,22)23/h3-10H,12H2,1-2H3. The molecule has 8 heteroatoms. The van der Waals surface area contributed by atoms with Crippen molar-refractivity contribution in [1.29, 1.82) is 5.26 Å². The lowest BCUT2D eigenvalue weighted by molar-refractivity contribution is -0.137. The molecule has 3 amide bonds. The zero-order chi connectivity index (χ0) is 20.7. The molecule has 144 valence electrons. The van der Waals surface area contributed by atoms with E-state index < -0.39 is 34.8 Å². The Kier molecular flexibility index (Phi) is 4.63. The lowest BCUT2D eigenvalue weighted by atomic mass is 10.0. The second kappa shape index (κ2) is 6.68. The van der Waals surface area contributed by atoms with E-state index in [1.807, 2.05) is 6.07 Å². The van der Waals surface area contributed by atoms with E-state index in [9.17, 15) is 22.8 Å². The molecule has 0 spiro atoms. The maximum absolute atomic E-state index is 13.3. The zero-order valence-corrected chi connectivity index (χ0v) is 15.1. The summed E-state index contributed by atoms with van der Waals surface area (Å²) in [6.45, 7) is 3.23. The molecule has 1 fully saturated rings. The number of amides is 3. The first-order valence-electron chi connectivity index (χ1n) is 8.39. The van der Waals surface area contributed by atoms with Crippen molar-refractivity contribution in [2.45, 2.75) is 32.1 Å². The average molecular weight is 387 g/mol. The summed E-state index contributed by atoms with van der Waals surface area (Å²) >= 11 is 0. The number of nitriles is 1. The number of nitrogens with zero attached hydrogens (tertiary/aromatic N) is 3. The normalized spacial score (nSPS) is 16.4. The minimum Gasteiger partial charge on any atom is -0.305 e. The molecule has 0 saturated carbocycles. The molecule has 1 heterocycles. The fourth-order valence-electron chi connectivity index (χ4n) is 3.10. The number of imide groups is 1. The molecule has 0 atom stereocenters. The Hall–Kier alpha value is -3.34. The number of carbonyl (C=O) groups excluding carboxylic acids is 2. The number of hydrogen-bond acceptors (Lipinski definition) is 3. The first-order chi connectivity index (χ1) is 13.1. The third kappa shape index (κ3) is 3.20. The predicted molar refractivity (Wildman–Crippen MR) is 95.1 cm³/mol. The first-order valence-corrected chi connectivity index (χ1v) is 8.39. The van der Waals surface area contributed by atoms with Gasteiger partial charge in [-0.2, -0.15) is 18.4 Å². The smallest absolute Gasteiger partial charge is 0.305 e. The van der Waals surface area contributed by atoms with Crippen molar-refractivity contribution in [2.75, 3.05) is 4.90 Å². The number of anilines is 1. The molecule has 1 saturated heterocycles. The van der Waals surface area contributed by atoms with Crippen LogP contribution in [-0.2, 0) is 17.5 Å². The van der Waals surface area contributed by atoms with Gasteiger partial charge in [-0.15, -0.1) is 0 Å². The van der Waals surface area contributed by atoms with Crippen LogP contribution in [0.3, 0.4) is 0 Å². The van der Waals surface area contributed by atoms with E-state index in [1.54, 1.807) is 38.1 Å². The van der Waals surface area contributed by atoms with Gasteiger partial charge in [-0.05, 0) is 37.6 Å². The van der Waals surface area contributed by atoms with Crippen LogP contribution < -0.4 is 4.90 Å². The third-order valence-corrected chi connectivity index (χ3v) is 4.69. The van der Waals surface area contributed by atoms with Crippen molar-refractivity contribution in [2.24, 2.45) is 0 Å². The molecular formula is C20H16F3N3O2. The Labute approximate surface area is 159 Å². The van der Waals surface area contributed by atoms with Crippen LogP contribution in [0.15, 0.2) is 48.5 Å². The first kappa shape index (κ1) is 19.4. The van der Waals surface area contributed by atoms with E-state index in [0.29, 0.717) is 6.07 Å². The molecule has 5 nitrogen and oxygen atoms in total. The molecular weight excluding hydrogens is 371 g/mol. The Balaban J connectivity index is 2.03. The van der Waals surface area contributed by atoms with Crippen LogP contribution in [0, 0.1) is 11.3 Å². The number of hydrogen-bond donors (Lipinski definition) is 0. The lowest BCUT2D eigenvalue weighted by Gasteiger charge is -2.27. The molecule has 0 radical (unpaired) electrons.